The van der Waals surface area contributed by atoms with Crippen molar-refractivity contribution in [1.82, 2.24) is 15.1 Å². The number of amides is 2. The zero-order valence-corrected chi connectivity index (χ0v) is 19.8. The number of carbonyl (C=O) groups is 2. The molecule has 0 aromatic carbocycles. The van der Waals surface area contributed by atoms with Gasteiger partial charge in [-0.15, -0.1) is 0 Å². The zero-order valence-electron chi connectivity index (χ0n) is 19.8. The Balaban J connectivity index is 1.55. The molecule has 2 amide bonds. The molecule has 1 aromatic rings. The fourth-order valence-corrected chi connectivity index (χ4v) is 5.91. The minimum atomic E-state index is -0.831. The predicted octanol–water partition coefficient (Wildman–Crippen LogP) is 3.84. The first-order valence-corrected chi connectivity index (χ1v) is 12.2. The lowest BCUT2D eigenvalue weighted by Gasteiger charge is -2.30. The van der Waals surface area contributed by atoms with Gasteiger partial charge in [0.15, 0.2) is 0 Å². The van der Waals surface area contributed by atoms with Crippen molar-refractivity contribution in [3.05, 3.63) is 17.8 Å². The molecule has 7 nitrogen and oxygen atoms in total. The molecule has 3 N–H and O–H groups in total. The Morgan fingerprint density at radius 1 is 1.28 bits per heavy atom. The summed E-state index contributed by atoms with van der Waals surface area (Å²) >= 11 is 0. The summed E-state index contributed by atoms with van der Waals surface area (Å²) in [6, 6.07) is 0.253. The van der Waals surface area contributed by atoms with E-state index in [1.54, 1.807) is 32.3 Å². The molecule has 0 radical (unpaired) electrons. The van der Waals surface area contributed by atoms with E-state index in [2.05, 4.69) is 24.3 Å². The van der Waals surface area contributed by atoms with Crippen LogP contribution in [0, 0.1) is 35.0 Å². The summed E-state index contributed by atoms with van der Waals surface area (Å²) in [4.78, 5) is 25.1. The fraction of sp³-hybridized carbons (Fsp3) is 0.720. The summed E-state index contributed by atoms with van der Waals surface area (Å²) in [7, 11) is 0. The number of primary amides is 1. The largest absolute Gasteiger partial charge is 0.477 e. The number of hydrogen-bond donors (Lipinski definition) is 2. The topological polar surface area (TPSA) is 99.2 Å². The van der Waals surface area contributed by atoms with Crippen LogP contribution in [0.5, 0.6) is 5.88 Å². The van der Waals surface area contributed by atoms with Gasteiger partial charge < -0.3 is 15.8 Å². The molecule has 0 saturated heterocycles. The van der Waals surface area contributed by atoms with Crippen molar-refractivity contribution < 1.29 is 14.3 Å². The lowest BCUT2D eigenvalue weighted by Crippen LogP contribution is -2.42. The molecule has 32 heavy (non-hydrogen) atoms. The van der Waals surface area contributed by atoms with Crippen molar-refractivity contribution in [2.45, 2.75) is 72.3 Å². The number of ether oxygens (including phenoxy) is 1. The van der Waals surface area contributed by atoms with Gasteiger partial charge >= 0.3 is 0 Å². The Hall–Kier alpha value is -2.31. The number of aromatic nitrogens is 2. The Morgan fingerprint density at radius 2 is 2.03 bits per heavy atom. The second-order valence-electron chi connectivity index (χ2n) is 11.1. The van der Waals surface area contributed by atoms with Gasteiger partial charge in [-0.1, -0.05) is 32.8 Å². The molecule has 3 fully saturated rings. The first-order chi connectivity index (χ1) is 15.2. The van der Waals surface area contributed by atoms with E-state index >= 15 is 0 Å². The van der Waals surface area contributed by atoms with E-state index in [1.165, 1.54) is 43.2 Å². The Labute approximate surface area is 191 Å². The van der Waals surface area contributed by atoms with Gasteiger partial charge in [0.25, 0.3) is 5.91 Å². The van der Waals surface area contributed by atoms with Crippen LogP contribution in [0.1, 0.15) is 76.6 Å². The van der Waals surface area contributed by atoms with Crippen LogP contribution < -0.4 is 15.8 Å². The molecule has 176 valence electrons. The molecule has 1 aromatic heterocycles. The molecule has 5 atom stereocenters. The van der Waals surface area contributed by atoms with Gasteiger partial charge in [0.05, 0.1) is 18.2 Å². The van der Waals surface area contributed by atoms with E-state index in [1.807, 2.05) is 0 Å². The molecular formula is C25H38N4O3. The van der Waals surface area contributed by atoms with E-state index in [0.717, 1.165) is 11.8 Å². The summed E-state index contributed by atoms with van der Waals surface area (Å²) in [5.41, 5.74) is 5.10. The molecule has 4 rings (SSSR count). The summed E-state index contributed by atoms with van der Waals surface area (Å²) in [5, 5.41) is 7.76. The second kappa shape index (κ2) is 8.91. The van der Waals surface area contributed by atoms with Crippen LogP contribution in [0.3, 0.4) is 0 Å². The van der Waals surface area contributed by atoms with Crippen LogP contribution in [0.25, 0.3) is 6.20 Å². The fourth-order valence-electron chi connectivity index (χ4n) is 5.91. The average Bonchev–Trinajstić information content (AvgIpc) is 3.18. The van der Waals surface area contributed by atoms with Gasteiger partial charge in [-0.25, -0.2) is 4.68 Å². The van der Waals surface area contributed by atoms with Crippen molar-refractivity contribution in [3.8, 4) is 5.88 Å². The zero-order chi connectivity index (χ0) is 23.0. The molecule has 0 aliphatic heterocycles. The van der Waals surface area contributed by atoms with Gasteiger partial charge in [-0.2, -0.15) is 5.10 Å². The molecule has 5 unspecified atom stereocenters. The number of carbonyl (C=O) groups excluding carboxylic acids is 2. The minimum Gasteiger partial charge on any atom is -0.477 e. The standard InChI is InChI=1S/C25H38N4O3/c1-15(2)14-32-23-20(13-27-29(23)9-8-25(3,4)24(26)31)22(30)28-21-18-11-16-6-5-7-19(21)17(10-16)12-18/h8-9,13,15-19,21H,5-7,10-12,14H2,1-4H3,(H2,26,31)(H,28,30)/b9-8+. The van der Waals surface area contributed by atoms with Gasteiger partial charge in [0.1, 0.15) is 5.56 Å². The highest BCUT2D eigenvalue weighted by atomic mass is 16.5. The molecular weight excluding hydrogens is 404 g/mol. The second-order valence-corrected chi connectivity index (χ2v) is 11.1. The third kappa shape index (κ3) is 4.57. The Kier molecular flexibility index (Phi) is 6.37. The summed E-state index contributed by atoms with van der Waals surface area (Å²) < 4.78 is 7.55. The van der Waals surface area contributed by atoms with Crippen molar-refractivity contribution >= 4 is 18.0 Å². The Morgan fingerprint density at radius 3 is 2.75 bits per heavy atom. The quantitative estimate of drug-likeness (QED) is 0.639. The van der Waals surface area contributed by atoms with Crippen molar-refractivity contribution in [2.24, 2.45) is 40.7 Å². The normalized spacial score (nSPS) is 29.5. The first kappa shape index (κ1) is 22.9. The van der Waals surface area contributed by atoms with Crippen LogP contribution in [-0.4, -0.2) is 34.2 Å². The maximum absolute atomic E-state index is 13.4. The molecule has 3 aliphatic rings. The van der Waals surface area contributed by atoms with Crippen LogP contribution in [0.15, 0.2) is 12.3 Å². The van der Waals surface area contributed by atoms with Gasteiger partial charge in [0.2, 0.25) is 11.8 Å². The number of fused-ring (bicyclic) bond motifs is 2. The molecule has 3 saturated carbocycles. The van der Waals surface area contributed by atoms with Gasteiger partial charge in [-0.05, 0) is 69.1 Å². The lowest BCUT2D eigenvalue weighted by molar-refractivity contribution is -0.123. The number of nitrogens with one attached hydrogen (secondary N) is 1. The van der Waals surface area contributed by atoms with Crippen molar-refractivity contribution in [1.29, 1.82) is 0 Å². The first-order valence-electron chi connectivity index (χ1n) is 12.2. The highest BCUT2D eigenvalue weighted by Gasteiger charge is 2.49. The van der Waals surface area contributed by atoms with Crippen molar-refractivity contribution in [2.75, 3.05) is 6.61 Å². The summed E-state index contributed by atoms with van der Waals surface area (Å²) in [6.07, 6.45) is 12.6. The van der Waals surface area contributed by atoms with E-state index in [9.17, 15) is 9.59 Å². The van der Waals surface area contributed by atoms with Crippen LogP contribution in [0.2, 0.25) is 0 Å². The monoisotopic (exact) mass is 442 g/mol. The number of hydrogen-bond acceptors (Lipinski definition) is 4. The summed E-state index contributed by atoms with van der Waals surface area (Å²) in [5.74, 6) is 2.98. The third-order valence-electron chi connectivity index (χ3n) is 7.72. The highest BCUT2D eigenvalue weighted by Crippen LogP contribution is 2.53. The van der Waals surface area contributed by atoms with E-state index in [0.29, 0.717) is 35.8 Å². The van der Waals surface area contributed by atoms with E-state index in [-0.39, 0.29) is 11.9 Å². The predicted molar refractivity (Wildman–Crippen MR) is 124 cm³/mol. The number of nitrogens with zero attached hydrogens (tertiary/aromatic N) is 2. The molecule has 0 spiro atoms. The number of rotatable bonds is 8. The lowest BCUT2D eigenvalue weighted by atomic mass is 9.79. The van der Waals surface area contributed by atoms with Crippen LogP contribution in [-0.2, 0) is 4.79 Å². The maximum atomic E-state index is 13.4. The third-order valence-corrected chi connectivity index (χ3v) is 7.72. The molecule has 7 heteroatoms. The van der Waals surface area contributed by atoms with Crippen molar-refractivity contribution in [3.63, 3.8) is 0 Å². The SMILES string of the molecule is CC(C)COc1c(C(=O)NC2C3CC4CCCC2C(C4)C3)cnn1/C=C/C(C)(C)C(N)=O. The van der Waals surface area contributed by atoms with Gasteiger partial charge in [0, 0.05) is 12.2 Å². The summed E-state index contributed by atoms with van der Waals surface area (Å²) in [6.45, 7) is 8.08. The maximum Gasteiger partial charge on any atom is 0.258 e. The van der Waals surface area contributed by atoms with Crippen LogP contribution in [0.4, 0.5) is 0 Å². The number of nitrogens with two attached hydrogens (primary N) is 1. The molecule has 3 aliphatic carbocycles. The van der Waals surface area contributed by atoms with E-state index in [4.69, 9.17) is 10.5 Å². The van der Waals surface area contributed by atoms with E-state index < -0.39 is 11.3 Å². The van der Waals surface area contributed by atoms with Gasteiger partial charge in [-0.3, -0.25) is 9.59 Å². The smallest absolute Gasteiger partial charge is 0.258 e. The van der Waals surface area contributed by atoms with Crippen LogP contribution >= 0.6 is 0 Å². The molecule has 1 heterocycles. The Bertz CT molecular complexity index is 888. The average molecular weight is 443 g/mol. The minimum absolute atomic E-state index is 0.114. The molecule has 3 bridgehead atoms. The highest BCUT2D eigenvalue weighted by molar-refractivity contribution is 5.96.